The average molecular weight is 380 g/mol. The molecule has 1 unspecified atom stereocenters. The molecule has 2 aromatic carbocycles. The predicted octanol–water partition coefficient (Wildman–Crippen LogP) is 1.78. The van der Waals surface area contributed by atoms with Crippen molar-refractivity contribution in [2.75, 3.05) is 39.8 Å². The van der Waals surface area contributed by atoms with Crippen LogP contribution < -0.4 is 19.1 Å². The van der Waals surface area contributed by atoms with Gasteiger partial charge in [0.05, 0.1) is 25.2 Å². The first kappa shape index (κ1) is 20.0. The molecule has 0 saturated carbocycles. The molecule has 7 nitrogen and oxygen atoms in total. The van der Waals surface area contributed by atoms with Crippen molar-refractivity contribution in [2.24, 2.45) is 0 Å². The summed E-state index contributed by atoms with van der Waals surface area (Å²) in [5.74, 6) is 0.752. The lowest BCUT2D eigenvalue weighted by Crippen LogP contribution is -2.28. The number of hydrogen-bond acceptors (Lipinski definition) is 6. The number of aliphatic hydroxyl groups excluding tert-OH is 1. The first-order valence-corrected chi connectivity index (χ1v) is 9.44. The molecular weight excluding hydrogens is 356 g/mol. The first-order chi connectivity index (χ1) is 12.3. The van der Waals surface area contributed by atoms with Gasteiger partial charge in [-0.15, -0.1) is 0 Å². The number of benzene rings is 2. The molecule has 2 aromatic rings. The maximum atomic E-state index is 12.5. The lowest BCUT2D eigenvalue weighted by atomic mass is 10.1. The van der Waals surface area contributed by atoms with Crippen molar-refractivity contribution in [3.63, 3.8) is 0 Å². The van der Waals surface area contributed by atoms with Crippen molar-refractivity contribution in [1.82, 2.24) is 4.72 Å². The molecule has 1 atom stereocenters. The Morgan fingerprint density at radius 1 is 1.04 bits per heavy atom. The summed E-state index contributed by atoms with van der Waals surface area (Å²) in [4.78, 5) is 1.97. The number of anilines is 1. The van der Waals surface area contributed by atoms with Crippen molar-refractivity contribution < 1.29 is 23.0 Å². The molecule has 0 saturated heterocycles. The second kappa shape index (κ2) is 8.39. The summed E-state index contributed by atoms with van der Waals surface area (Å²) >= 11 is 0. The Bertz CT molecular complexity index is 835. The molecule has 0 aromatic heterocycles. The molecule has 0 fully saturated rings. The number of hydrogen-bond donors (Lipinski definition) is 2. The van der Waals surface area contributed by atoms with Crippen LogP contribution in [0.3, 0.4) is 0 Å². The number of nitrogens with zero attached hydrogens (tertiary/aromatic N) is 1. The number of aliphatic hydroxyl groups is 1. The quantitative estimate of drug-likeness (QED) is 0.726. The van der Waals surface area contributed by atoms with Gasteiger partial charge >= 0.3 is 0 Å². The van der Waals surface area contributed by atoms with Crippen LogP contribution in [0.15, 0.2) is 47.4 Å². The van der Waals surface area contributed by atoms with Crippen LogP contribution in [0.2, 0.25) is 0 Å². The third-order valence-electron chi connectivity index (χ3n) is 3.93. The number of nitrogens with one attached hydrogen (secondary N) is 1. The second-order valence-corrected chi connectivity index (χ2v) is 7.64. The molecule has 2 N–H and O–H groups in total. The van der Waals surface area contributed by atoms with Crippen LogP contribution in [0, 0.1) is 0 Å². The topological polar surface area (TPSA) is 88.1 Å². The number of methoxy groups -OCH3 is 2. The first-order valence-electron chi connectivity index (χ1n) is 7.95. The summed E-state index contributed by atoms with van der Waals surface area (Å²) in [6, 6.07) is 11.6. The van der Waals surface area contributed by atoms with Crippen LogP contribution in [-0.4, -0.2) is 48.4 Å². The Morgan fingerprint density at radius 2 is 1.65 bits per heavy atom. The summed E-state index contributed by atoms with van der Waals surface area (Å²) in [7, 11) is 2.95. The monoisotopic (exact) mass is 380 g/mol. The zero-order valence-electron chi connectivity index (χ0n) is 15.3. The van der Waals surface area contributed by atoms with Gasteiger partial charge in [0.2, 0.25) is 10.0 Å². The fourth-order valence-electron chi connectivity index (χ4n) is 2.37. The molecule has 0 bridgehead atoms. The number of ether oxygens (including phenoxy) is 2. The molecule has 0 aliphatic rings. The van der Waals surface area contributed by atoms with Crippen LogP contribution in [0.4, 0.5) is 5.69 Å². The van der Waals surface area contributed by atoms with Crippen LogP contribution in [0.1, 0.15) is 11.7 Å². The minimum Gasteiger partial charge on any atom is -0.493 e. The average Bonchev–Trinajstić information content (AvgIpc) is 2.65. The highest BCUT2D eigenvalue weighted by atomic mass is 32.2. The molecule has 142 valence electrons. The highest BCUT2D eigenvalue weighted by molar-refractivity contribution is 7.89. The smallest absolute Gasteiger partial charge is 0.240 e. The van der Waals surface area contributed by atoms with Gasteiger partial charge in [-0.05, 0) is 29.8 Å². The molecule has 0 radical (unpaired) electrons. The molecule has 8 heteroatoms. The maximum Gasteiger partial charge on any atom is 0.240 e. The zero-order valence-corrected chi connectivity index (χ0v) is 16.1. The van der Waals surface area contributed by atoms with Gasteiger partial charge in [0.15, 0.2) is 11.5 Å². The van der Waals surface area contributed by atoms with E-state index in [1.54, 1.807) is 12.1 Å². The Morgan fingerprint density at radius 3 is 2.19 bits per heavy atom. The molecule has 0 heterocycles. The summed E-state index contributed by atoms with van der Waals surface area (Å²) in [6.07, 6.45) is -0.957. The molecule has 0 amide bonds. The van der Waals surface area contributed by atoms with Crippen molar-refractivity contribution in [2.45, 2.75) is 11.0 Å². The molecular formula is C18H24N2O5S. The normalized spacial score (nSPS) is 12.5. The number of sulfonamides is 1. The molecule has 26 heavy (non-hydrogen) atoms. The van der Waals surface area contributed by atoms with E-state index in [0.717, 1.165) is 5.69 Å². The van der Waals surface area contributed by atoms with E-state index in [4.69, 9.17) is 9.47 Å². The van der Waals surface area contributed by atoms with E-state index in [1.165, 1.54) is 32.4 Å². The summed E-state index contributed by atoms with van der Waals surface area (Å²) in [6.45, 7) is -0.141. The largest absolute Gasteiger partial charge is 0.493 e. The van der Waals surface area contributed by atoms with Crippen LogP contribution in [0.5, 0.6) is 11.5 Å². The molecule has 0 spiro atoms. The van der Waals surface area contributed by atoms with E-state index < -0.39 is 16.1 Å². The van der Waals surface area contributed by atoms with Gasteiger partial charge < -0.3 is 19.5 Å². The fraction of sp³-hybridized carbons (Fsp3) is 0.333. The molecule has 2 rings (SSSR count). The standard InChI is InChI=1S/C18H24N2O5S/c1-20(2)14-7-5-13(6-8-14)16(21)12-19-26(22,23)15-9-10-17(24-3)18(11-15)25-4/h5-11,16,19,21H,12H2,1-4H3. The second-order valence-electron chi connectivity index (χ2n) is 5.87. The number of rotatable bonds is 8. The van der Waals surface area contributed by atoms with E-state index in [2.05, 4.69) is 4.72 Å². The lowest BCUT2D eigenvalue weighted by molar-refractivity contribution is 0.182. The Kier molecular flexibility index (Phi) is 6.47. The highest BCUT2D eigenvalue weighted by Gasteiger charge is 2.19. The Hall–Kier alpha value is -2.29. The van der Waals surface area contributed by atoms with Gasteiger partial charge in [0, 0.05) is 32.4 Å². The molecule has 0 aliphatic carbocycles. The van der Waals surface area contributed by atoms with Gasteiger partial charge in [0.25, 0.3) is 0 Å². The SMILES string of the molecule is COc1ccc(S(=O)(=O)NCC(O)c2ccc(N(C)C)cc2)cc1OC. The predicted molar refractivity (Wildman–Crippen MR) is 100 cm³/mol. The van der Waals surface area contributed by atoms with Gasteiger partial charge in [-0.3, -0.25) is 0 Å². The van der Waals surface area contributed by atoms with Crippen LogP contribution >= 0.6 is 0 Å². The van der Waals surface area contributed by atoms with Crippen molar-refractivity contribution in [1.29, 1.82) is 0 Å². The third kappa shape index (κ3) is 4.66. The van der Waals surface area contributed by atoms with Gasteiger partial charge in [-0.25, -0.2) is 13.1 Å². The van der Waals surface area contributed by atoms with E-state index in [1.807, 2.05) is 31.1 Å². The fourth-order valence-corrected chi connectivity index (χ4v) is 3.42. The lowest BCUT2D eigenvalue weighted by Gasteiger charge is -2.16. The van der Waals surface area contributed by atoms with Crippen LogP contribution in [0.25, 0.3) is 0 Å². The van der Waals surface area contributed by atoms with E-state index >= 15 is 0 Å². The molecule has 0 aliphatic heterocycles. The minimum atomic E-state index is -3.80. The maximum absolute atomic E-state index is 12.5. The van der Waals surface area contributed by atoms with Crippen molar-refractivity contribution in [3.05, 3.63) is 48.0 Å². The van der Waals surface area contributed by atoms with Gasteiger partial charge in [-0.2, -0.15) is 0 Å². The van der Waals surface area contributed by atoms with Gasteiger partial charge in [0.1, 0.15) is 0 Å². The van der Waals surface area contributed by atoms with E-state index in [0.29, 0.717) is 17.1 Å². The van der Waals surface area contributed by atoms with Crippen LogP contribution in [-0.2, 0) is 10.0 Å². The van der Waals surface area contributed by atoms with Crippen molar-refractivity contribution in [3.8, 4) is 11.5 Å². The van der Waals surface area contributed by atoms with Crippen molar-refractivity contribution >= 4 is 15.7 Å². The zero-order chi connectivity index (χ0) is 19.3. The Labute approximate surface area is 154 Å². The summed E-state index contributed by atoms with van der Waals surface area (Å²) in [5.41, 5.74) is 1.62. The van der Waals surface area contributed by atoms with E-state index in [-0.39, 0.29) is 11.4 Å². The summed E-state index contributed by atoms with van der Waals surface area (Å²) < 4.78 is 37.6. The Balaban J connectivity index is 2.09. The summed E-state index contributed by atoms with van der Waals surface area (Å²) in [5, 5.41) is 10.3. The third-order valence-corrected chi connectivity index (χ3v) is 5.35. The minimum absolute atomic E-state index is 0.0327. The van der Waals surface area contributed by atoms with E-state index in [9.17, 15) is 13.5 Å². The highest BCUT2D eigenvalue weighted by Crippen LogP contribution is 2.29. The van der Waals surface area contributed by atoms with Gasteiger partial charge in [-0.1, -0.05) is 12.1 Å².